The first-order valence-electron chi connectivity index (χ1n) is 22.5. The van der Waals surface area contributed by atoms with Crippen molar-refractivity contribution in [1.29, 1.82) is 0 Å². The van der Waals surface area contributed by atoms with Crippen LogP contribution in [0.1, 0.15) is 118 Å². The van der Waals surface area contributed by atoms with Gasteiger partial charge in [-0.3, -0.25) is 14.4 Å². The summed E-state index contributed by atoms with van der Waals surface area (Å²) in [6.45, 7) is 9.04. The molecule has 0 radical (unpaired) electrons. The number of aliphatic hydroxyl groups is 2. The second-order valence-corrected chi connectivity index (χ2v) is 20.4. The number of hydroxylamine groups is 2. The Labute approximate surface area is 340 Å². The summed E-state index contributed by atoms with van der Waals surface area (Å²) >= 11 is 0. The van der Waals surface area contributed by atoms with Gasteiger partial charge in [0.2, 0.25) is 11.8 Å². The van der Waals surface area contributed by atoms with Crippen molar-refractivity contribution >= 4 is 11.8 Å². The number of carbonyl (C=O) groups excluding carboxylic acids is 2. The van der Waals surface area contributed by atoms with Gasteiger partial charge in [-0.05, 0) is 113 Å². The molecule has 0 aromatic rings. The minimum atomic E-state index is -4.41. The lowest BCUT2D eigenvalue weighted by molar-refractivity contribution is -0.201. The van der Waals surface area contributed by atoms with Crippen LogP contribution in [0.25, 0.3) is 0 Å². The highest BCUT2D eigenvalue weighted by Crippen LogP contribution is 2.61. The summed E-state index contributed by atoms with van der Waals surface area (Å²) in [5.41, 5.74) is 0.255. The van der Waals surface area contributed by atoms with E-state index in [1.54, 1.807) is 19.1 Å². The maximum atomic E-state index is 14.7. The summed E-state index contributed by atoms with van der Waals surface area (Å²) in [6, 6.07) is -0.948. The van der Waals surface area contributed by atoms with Crippen LogP contribution >= 0.6 is 0 Å². The summed E-state index contributed by atoms with van der Waals surface area (Å²) in [7, 11) is 5.55. The number of fused-ring (bicyclic) bond motifs is 2. The van der Waals surface area contributed by atoms with Crippen LogP contribution < -0.4 is 10.6 Å². The van der Waals surface area contributed by atoms with E-state index >= 15 is 0 Å². The average Bonchev–Trinajstić information content (AvgIpc) is 3.53. The highest BCUT2D eigenvalue weighted by atomic mass is 19.4. The number of alkyl halides is 3. The number of nitrogens with zero attached hydrogens (tertiary/aromatic N) is 2. The van der Waals surface area contributed by atoms with Crippen LogP contribution in [-0.2, 0) is 19.2 Å². The van der Waals surface area contributed by atoms with Crippen LogP contribution in [0, 0.1) is 64.6 Å². The third kappa shape index (κ3) is 10.0. The molecule has 7 aliphatic rings. The zero-order valence-corrected chi connectivity index (χ0v) is 35.8. The maximum Gasteiger partial charge on any atom is 0.391 e. The average molecular weight is 813 g/mol. The van der Waals surface area contributed by atoms with Crippen molar-refractivity contribution in [3.63, 3.8) is 0 Å². The van der Waals surface area contributed by atoms with E-state index in [4.69, 9.17) is 9.57 Å². The molecule has 0 spiro atoms. The van der Waals surface area contributed by atoms with Crippen molar-refractivity contribution in [2.45, 2.75) is 160 Å². The molecule has 4 N–H and O–H groups in total. The van der Waals surface area contributed by atoms with Gasteiger partial charge in [0.25, 0.3) is 0 Å². The lowest BCUT2D eigenvalue weighted by atomic mass is 9.45. The Bertz CT molecular complexity index is 1350. The van der Waals surface area contributed by atoms with Crippen molar-refractivity contribution in [3.8, 4) is 0 Å². The molecule has 0 aromatic carbocycles. The molecule has 13 heteroatoms. The highest BCUT2D eigenvalue weighted by molar-refractivity contribution is 5.83. The Morgan fingerprint density at radius 1 is 1.00 bits per heavy atom. The molecule has 6 unspecified atom stereocenters. The number of likely N-dealkylation sites (N-methyl/N-ethyl adjacent to an activating group) is 1. The fraction of sp³-hybridized carbons (Fsp3) is 0.955. The van der Waals surface area contributed by atoms with E-state index in [9.17, 15) is 33.0 Å². The minimum Gasteiger partial charge on any atom is -0.394 e. The zero-order chi connectivity index (χ0) is 41.4. The molecule has 7 fully saturated rings. The molecule has 1 heterocycles. The number of methoxy groups -OCH3 is 1. The molecule has 0 aromatic heterocycles. The van der Waals surface area contributed by atoms with Crippen molar-refractivity contribution in [2.24, 2.45) is 64.6 Å². The topological polar surface area (TPSA) is 124 Å². The molecule has 57 heavy (non-hydrogen) atoms. The third-order valence-corrected chi connectivity index (χ3v) is 16.2. The monoisotopic (exact) mass is 813 g/mol. The van der Waals surface area contributed by atoms with Gasteiger partial charge in [-0.2, -0.15) is 18.2 Å². The van der Waals surface area contributed by atoms with E-state index in [1.165, 1.54) is 25.7 Å². The number of hydrogen-bond donors (Lipinski definition) is 4. The summed E-state index contributed by atoms with van der Waals surface area (Å²) in [5.74, 6) is -2.30. The molecule has 328 valence electrons. The van der Waals surface area contributed by atoms with Crippen LogP contribution in [0.2, 0.25) is 0 Å². The number of halogens is 3. The van der Waals surface area contributed by atoms with Crippen LogP contribution in [0.3, 0.4) is 0 Å². The van der Waals surface area contributed by atoms with E-state index in [-0.39, 0.29) is 73.1 Å². The van der Waals surface area contributed by atoms with E-state index in [2.05, 4.69) is 31.4 Å². The number of amides is 2. The van der Waals surface area contributed by atoms with Gasteiger partial charge in [0, 0.05) is 50.0 Å². The second-order valence-electron chi connectivity index (χ2n) is 20.4. The Kier molecular flexibility index (Phi) is 14.7. The highest BCUT2D eigenvalue weighted by Gasteiger charge is 2.58. The van der Waals surface area contributed by atoms with Gasteiger partial charge in [0.05, 0.1) is 24.7 Å². The zero-order valence-electron chi connectivity index (χ0n) is 35.8. The molecule has 1 aliphatic heterocycles. The van der Waals surface area contributed by atoms with Crippen LogP contribution in [0.5, 0.6) is 0 Å². The standard InChI is InChI=1S/C44H75F3N4O6/c1-25-35-20-31(43(35,3)4)21-36(25)49-42(55)39-38(26(2)53)37(24-52)57-51(39)22-28-14-11-15-34(40(28)56-7)29-17-30(19-32(18-29)44(45,46)47)41(54)48-33(23-50(5)6)16-27-12-9-8-10-13-27/h25-40,52-53H,8-24H2,1-7H3,(H,48,54)(H,49,55)/t25-,26-,28?,29?,30?,31+,32?,33-,34?,35-,36-,37-,38+,39-,40?/m0/s1. The molecule has 2 bridgehead atoms. The first-order chi connectivity index (χ1) is 26.9. The lowest BCUT2D eigenvalue weighted by Gasteiger charge is -2.62. The molecular weight excluding hydrogens is 738 g/mol. The van der Waals surface area contributed by atoms with E-state index in [1.807, 2.05) is 19.0 Å². The molecule has 6 aliphatic carbocycles. The van der Waals surface area contributed by atoms with Crippen LogP contribution in [-0.4, -0.2) is 116 Å². The Morgan fingerprint density at radius 3 is 2.32 bits per heavy atom. The minimum absolute atomic E-state index is 0.00758. The first kappa shape index (κ1) is 45.0. The quantitative estimate of drug-likeness (QED) is 0.164. The van der Waals surface area contributed by atoms with Gasteiger partial charge in [0.1, 0.15) is 12.1 Å². The molecule has 2 amide bonds. The summed E-state index contributed by atoms with van der Waals surface area (Å²) in [6.07, 6.45) is 4.64. The Hall–Kier alpha value is -1.51. The lowest BCUT2D eigenvalue weighted by Crippen LogP contribution is -2.62. The molecule has 7 rings (SSSR count). The van der Waals surface area contributed by atoms with Crippen molar-refractivity contribution in [3.05, 3.63) is 0 Å². The van der Waals surface area contributed by atoms with Gasteiger partial charge in [-0.25, -0.2) is 0 Å². The number of aliphatic hydroxyl groups excluding tert-OH is 2. The van der Waals surface area contributed by atoms with Gasteiger partial charge in [-0.1, -0.05) is 59.3 Å². The number of nitrogens with one attached hydrogen (secondary N) is 2. The number of rotatable bonds is 14. The van der Waals surface area contributed by atoms with Crippen LogP contribution in [0.15, 0.2) is 0 Å². The van der Waals surface area contributed by atoms with E-state index in [0.717, 1.165) is 38.5 Å². The van der Waals surface area contributed by atoms with Gasteiger partial charge in [-0.15, -0.1) is 0 Å². The van der Waals surface area contributed by atoms with Crippen molar-refractivity contribution < 1.29 is 42.5 Å². The SMILES string of the molecule is COC1C(CN2O[C@@H](CO)[C@@H]([C@H](C)O)[C@H]2C(=O)N[C@H]2C[C@H]3C[C@@H]([C@@H]2C)C3(C)C)CCCC1C1CC(C(=O)N[C@@H](CC2CCCCC2)CN(C)C)CC(C(F)(F)F)C1. The second kappa shape index (κ2) is 18.6. The molecular formula is C44H75F3N4O6. The largest absolute Gasteiger partial charge is 0.394 e. The molecule has 1 saturated heterocycles. The van der Waals surface area contributed by atoms with Gasteiger partial charge < -0.3 is 30.5 Å². The fourth-order valence-electron chi connectivity index (χ4n) is 13.1. The first-order valence-corrected chi connectivity index (χ1v) is 22.5. The van der Waals surface area contributed by atoms with Crippen molar-refractivity contribution in [2.75, 3.05) is 40.9 Å². The third-order valence-electron chi connectivity index (χ3n) is 16.2. The smallest absolute Gasteiger partial charge is 0.391 e. The predicted molar refractivity (Wildman–Crippen MR) is 212 cm³/mol. The predicted octanol–water partition coefficient (Wildman–Crippen LogP) is 6.19. The van der Waals surface area contributed by atoms with Crippen LogP contribution in [0.4, 0.5) is 13.2 Å². The molecule has 6 saturated carbocycles. The Balaban J connectivity index is 1.17. The number of ether oxygens (including phenoxy) is 1. The Morgan fingerprint density at radius 2 is 1.72 bits per heavy atom. The normalized spacial score (nSPS) is 40.0. The fourth-order valence-corrected chi connectivity index (χ4v) is 13.1. The summed E-state index contributed by atoms with van der Waals surface area (Å²) < 4.78 is 50.2. The number of hydrogen-bond acceptors (Lipinski definition) is 8. The number of carbonyl (C=O) groups is 2. The molecule has 15 atom stereocenters. The van der Waals surface area contributed by atoms with E-state index in [0.29, 0.717) is 43.1 Å². The maximum absolute atomic E-state index is 14.7. The van der Waals surface area contributed by atoms with Crippen molar-refractivity contribution in [1.82, 2.24) is 20.6 Å². The summed E-state index contributed by atoms with van der Waals surface area (Å²) in [4.78, 5) is 36.7. The molecule has 10 nitrogen and oxygen atoms in total. The van der Waals surface area contributed by atoms with Gasteiger partial charge in [0.15, 0.2) is 0 Å². The summed E-state index contributed by atoms with van der Waals surface area (Å²) in [5, 5.41) is 29.6. The van der Waals surface area contributed by atoms with E-state index < -0.39 is 48.3 Å². The van der Waals surface area contributed by atoms with Gasteiger partial charge >= 0.3 is 6.18 Å².